The van der Waals surface area contributed by atoms with Crippen LogP contribution in [0.3, 0.4) is 0 Å². The molecule has 0 aliphatic heterocycles. The lowest BCUT2D eigenvalue weighted by atomic mass is 9.80. The van der Waals surface area contributed by atoms with E-state index in [4.69, 9.17) is 0 Å². The summed E-state index contributed by atoms with van der Waals surface area (Å²) in [5, 5.41) is 9.22. The van der Waals surface area contributed by atoms with Crippen LogP contribution in [0.4, 0.5) is 26.3 Å². The van der Waals surface area contributed by atoms with Gasteiger partial charge in [-0.1, -0.05) is 5.21 Å². The molecule has 0 atom stereocenters. The monoisotopic (exact) mass is 462 g/mol. The Labute approximate surface area is 177 Å². The lowest BCUT2D eigenvalue weighted by Gasteiger charge is -2.33. The highest BCUT2D eigenvalue weighted by Gasteiger charge is 2.39. The van der Waals surface area contributed by atoms with Crippen LogP contribution in [0, 0.1) is 5.92 Å². The second-order valence-corrected chi connectivity index (χ2v) is 8.15. The molecule has 4 rings (SSSR count). The maximum Gasteiger partial charge on any atom is 0.406 e. The number of halogens is 6. The van der Waals surface area contributed by atoms with Crippen molar-refractivity contribution in [3.8, 4) is 0 Å². The molecule has 1 fully saturated rings. The van der Waals surface area contributed by atoms with E-state index in [1.165, 1.54) is 6.33 Å². The molecule has 0 unspecified atom stereocenters. The van der Waals surface area contributed by atoms with Gasteiger partial charge in [0.25, 0.3) is 0 Å². The zero-order chi connectivity index (χ0) is 23.1. The predicted molar refractivity (Wildman–Crippen MR) is 101 cm³/mol. The Kier molecular flexibility index (Phi) is 5.76. The van der Waals surface area contributed by atoms with Gasteiger partial charge in [0.2, 0.25) is 5.91 Å². The molecular formula is C19H20F6N6O. The minimum absolute atomic E-state index is 0.00573. The van der Waals surface area contributed by atoms with Gasteiger partial charge >= 0.3 is 12.4 Å². The van der Waals surface area contributed by atoms with Crippen molar-refractivity contribution < 1.29 is 31.1 Å². The van der Waals surface area contributed by atoms with Crippen LogP contribution in [0.1, 0.15) is 43.7 Å². The van der Waals surface area contributed by atoms with Crippen LogP contribution in [-0.4, -0.2) is 61.0 Å². The zero-order valence-corrected chi connectivity index (χ0v) is 16.7. The number of alkyl halides is 6. The number of amides is 1. The van der Waals surface area contributed by atoms with Crippen LogP contribution in [-0.2, 0) is 4.79 Å². The summed E-state index contributed by atoms with van der Waals surface area (Å²) in [6.07, 6.45) is -6.12. The van der Waals surface area contributed by atoms with Crippen LogP contribution in [0.25, 0.3) is 16.6 Å². The fourth-order valence-corrected chi connectivity index (χ4v) is 4.38. The van der Waals surface area contributed by atoms with Crippen molar-refractivity contribution in [2.45, 2.75) is 50.4 Å². The molecule has 1 N–H and O–H groups in total. The predicted octanol–water partition coefficient (Wildman–Crippen LogP) is 4.22. The van der Waals surface area contributed by atoms with Crippen LogP contribution in [0.2, 0.25) is 0 Å². The number of carbonyl (C=O) groups excluding carboxylic acids is 1. The summed E-state index contributed by atoms with van der Waals surface area (Å²) in [4.78, 5) is 19.4. The number of fused-ring (bicyclic) bond motifs is 3. The lowest BCUT2D eigenvalue weighted by molar-refractivity contribution is -0.178. The van der Waals surface area contributed by atoms with E-state index in [-0.39, 0.29) is 18.4 Å². The van der Waals surface area contributed by atoms with Crippen LogP contribution in [0.15, 0.2) is 18.6 Å². The summed E-state index contributed by atoms with van der Waals surface area (Å²) in [7, 11) is 0. The van der Waals surface area contributed by atoms with Crippen molar-refractivity contribution in [3.05, 3.63) is 24.3 Å². The highest BCUT2D eigenvalue weighted by Crippen LogP contribution is 2.38. The Morgan fingerprint density at radius 3 is 2.50 bits per heavy atom. The summed E-state index contributed by atoms with van der Waals surface area (Å²) in [5.41, 5.74) is 2.25. The van der Waals surface area contributed by atoms with Crippen molar-refractivity contribution >= 4 is 22.5 Å². The molecule has 0 spiro atoms. The molecule has 3 heterocycles. The Balaban J connectivity index is 1.45. The average molecular weight is 462 g/mol. The summed E-state index contributed by atoms with van der Waals surface area (Å²) >= 11 is 0. The van der Waals surface area contributed by atoms with Gasteiger partial charge in [0, 0.05) is 24.0 Å². The number of rotatable bonds is 5. The molecular weight excluding hydrogens is 442 g/mol. The largest absolute Gasteiger partial charge is 0.406 e. The second kappa shape index (κ2) is 8.24. The number of nitrogens with one attached hydrogen (secondary N) is 1. The van der Waals surface area contributed by atoms with Gasteiger partial charge in [0.05, 0.1) is 5.69 Å². The standard InChI is InChI=1S/C19H20F6N6O/c20-18(21,22)7-14(32)30(9-19(23,24)25)8-11-1-3-12(4-2-11)15-16-13-5-6-26-17(13)27-10-31(16)29-28-15/h5-6,10-12,26H,1-4,7-9H2. The van der Waals surface area contributed by atoms with E-state index in [1.54, 1.807) is 10.7 Å². The number of nitrogens with zero attached hydrogens (tertiary/aromatic N) is 5. The van der Waals surface area contributed by atoms with Crippen molar-refractivity contribution in [1.29, 1.82) is 0 Å². The van der Waals surface area contributed by atoms with Gasteiger partial charge in [-0.15, -0.1) is 5.10 Å². The van der Waals surface area contributed by atoms with Crippen molar-refractivity contribution in [1.82, 2.24) is 29.7 Å². The van der Waals surface area contributed by atoms with E-state index in [9.17, 15) is 31.1 Å². The number of H-pyrrole nitrogens is 1. The first-order valence-corrected chi connectivity index (χ1v) is 10.1. The third-order valence-corrected chi connectivity index (χ3v) is 5.78. The van der Waals surface area contributed by atoms with Crippen molar-refractivity contribution in [2.24, 2.45) is 5.92 Å². The third kappa shape index (κ3) is 4.96. The highest BCUT2D eigenvalue weighted by molar-refractivity contribution is 5.92. The maximum absolute atomic E-state index is 12.9. The quantitative estimate of drug-likeness (QED) is 0.576. The molecule has 0 radical (unpaired) electrons. The molecule has 13 heteroatoms. The molecule has 1 aliphatic carbocycles. The molecule has 7 nitrogen and oxygen atoms in total. The summed E-state index contributed by atoms with van der Waals surface area (Å²) < 4.78 is 77.8. The Bertz CT molecular complexity index is 1100. The molecule has 1 amide bonds. The van der Waals surface area contributed by atoms with Gasteiger partial charge in [0.1, 0.15) is 30.5 Å². The van der Waals surface area contributed by atoms with Gasteiger partial charge in [-0.25, -0.2) is 9.50 Å². The number of carbonyl (C=O) groups is 1. The van der Waals surface area contributed by atoms with Crippen LogP contribution < -0.4 is 0 Å². The summed E-state index contributed by atoms with van der Waals surface area (Å²) in [6.45, 7) is -2.04. The van der Waals surface area contributed by atoms with Gasteiger partial charge in [-0.3, -0.25) is 4.79 Å². The van der Waals surface area contributed by atoms with E-state index in [2.05, 4.69) is 20.3 Å². The summed E-state index contributed by atoms with van der Waals surface area (Å²) in [6, 6.07) is 1.86. The topological polar surface area (TPSA) is 79.2 Å². The minimum Gasteiger partial charge on any atom is -0.346 e. The molecule has 174 valence electrons. The molecule has 3 aromatic rings. The fraction of sp³-hybridized carbons (Fsp3) is 0.579. The summed E-state index contributed by atoms with van der Waals surface area (Å²) in [5.74, 6) is -1.86. The Morgan fingerprint density at radius 2 is 1.84 bits per heavy atom. The number of aromatic amines is 1. The molecule has 0 saturated heterocycles. The molecule has 0 aromatic carbocycles. The maximum atomic E-state index is 12.9. The fourth-order valence-electron chi connectivity index (χ4n) is 4.38. The first-order chi connectivity index (χ1) is 15.0. The molecule has 32 heavy (non-hydrogen) atoms. The molecule has 3 aromatic heterocycles. The van der Waals surface area contributed by atoms with Gasteiger partial charge in [0.15, 0.2) is 0 Å². The van der Waals surface area contributed by atoms with E-state index < -0.39 is 31.2 Å². The molecule has 1 aliphatic rings. The van der Waals surface area contributed by atoms with Crippen molar-refractivity contribution in [2.75, 3.05) is 13.1 Å². The smallest absolute Gasteiger partial charge is 0.346 e. The number of aromatic nitrogens is 5. The second-order valence-electron chi connectivity index (χ2n) is 8.15. The number of hydrogen-bond donors (Lipinski definition) is 1. The Morgan fingerprint density at radius 1 is 1.12 bits per heavy atom. The average Bonchev–Trinajstić information content (AvgIpc) is 3.32. The normalized spacial score (nSPS) is 20.2. The lowest BCUT2D eigenvalue weighted by Crippen LogP contribution is -2.43. The first kappa shape index (κ1) is 22.3. The zero-order valence-electron chi connectivity index (χ0n) is 16.7. The van der Waals surface area contributed by atoms with E-state index in [0.29, 0.717) is 36.2 Å². The van der Waals surface area contributed by atoms with E-state index in [1.807, 2.05) is 6.07 Å². The van der Waals surface area contributed by atoms with E-state index in [0.717, 1.165) is 16.6 Å². The van der Waals surface area contributed by atoms with Gasteiger partial charge < -0.3 is 9.88 Å². The first-order valence-electron chi connectivity index (χ1n) is 10.1. The SMILES string of the molecule is O=C(CC(F)(F)F)N(CC1CCC(c2nnn3cnc4[nH]ccc4c23)CC1)CC(F)(F)F. The number of hydrogen-bond acceptors (Lipinski definition) is 4. The molecule has 1 saturated carbocycles. The van der Waals surface area contributed by atoms with Crippen LogP contribution in [0.5, 0.6) is 0 Å². The molecule has 0 bridgehead atoms. The Hall–Kier alpha value is -2.86. The van der Waals surface area contributed by atoms with Crippen molar-refractivity contribution in [3.63, 3.8) is 0 Å². The highest BCUT2D eigenvalue weighted by atomic mass is 19.4. The van der Waals surface area contributed by atoms with Gasteiger partial charge in [-0.05, 0) is 37.7 Å². The van der Waals surface area contributed by atoms with Crippen LogP contribution >= 0.6 is 0 Å². The van der Waals surface area contributed by atoms with E-state index >= 15 is 0 Å². The third-order valence-electron chi connectivity index (χ3n) is 5.78. The van der Waals surface area contributed by atoms with Gasteiger partial charge in [-0.2, -0.15) is 26.3 Å². The minimum atomic E-state index is -4.85.